The summed E-state index contributed by atoms with van der Waals surface area (Å²) < 4.78 is 27.8. The fourth-order valence-corrected chi connectivity index (χ4v) is 4.98. The molecule has 30 heavy (non-hydrogen) atoms. The van der Waals surface area contributed by atoms with Crippen LogP contribution in [0.4, 0.5) is 14.6 Å². The summed E-state index contributed by atoms with van der Waals surface area (Å²) in [4.78, 5) is 32.3. The molecule has 2 aliphatic heterocycles. The van der Waals surface area contributed by atoms with Crippen molar-refractivity contribution in [3.63, 3.8) is 0 Å². The maximum Gasteiger partial charge on any atom is 0.263 e. The van der Waals surface area contributed by atoms with E-state index in [1.54, 1.807) is 10.6 Å². The zero-order chi connectivity index (χ0) is 21.0. The van der Waals surface area contributed by atoms with E-state index in [2.05, 4.69) is 15.2 Å². The predicted octanol–water partition coefficient (Wildman–Crippen LogP) is 2.70. The van der Waals surface area contributed by atoms with E-state index in [0.29, 0.717) is 12.5 Å². The molecule has 1 saturated heterocycles. The largest absolute Gasteiger partial charge is 0.356 e. The molecule has 0 aromatic carbocycles. The molecule has 1 N–H and O–H groups in total. The standard InChI is InChI=1S/C22H24F2N4O2/c1-13-2-5-19(25-9-13)27-10-14-6-15(12-27)18-4-3-17(21(30)28(18)11-14)20(29)26-16-7-22(23,24)8-16/h2-5,9,14-16H,6-8,10-12H2,1H3,(H,26,29)/t14-,15+/m0/s1. The van der Waals surface area contributed by atoms with Crippen molar-refractivity contribution in [1.82, 2.24) is 14.9 Å². The van der Waals surface area contributed by atoms with Gasteiger partial charge in [0.05, 0.1) is 0 Å². The van der Waals surface area contributed by atoms with Crippen molar-refractivity contribution >= 4 is 11.7 Å². The lowest BCUT2D eigenvalue weighted by atomic mass is 9.83. The highest BCUT2D eigenvalue weighted by Gasteiger charge is 2.46. The van der Waals surface area contributed by atoms with Crippen LogP contribution in [-0.4, -0.2) is 40.5 Å². The first kappa shape index (κ1) is 19.2. The molecule has 2 aromatic heterocycles. The van der Waals surface area contributed by atoms with Gasteiger partial charge in [0.15, 0.2) is 0 Å². The van der Waals surface area contributed by atoms with Crippen LogP contribution in [0.3, 0.4) is 0 Å². The van der Waals surface area contributed by atoms with E-state index < -0.39 is 17.9 Å². The van der Waals surface area contributed by atoms with Gasteiger partial charge in [0.1, 0.15) is 11.4 Å². The summed E-state index contributed by atoms with van der Waals surface area (Å²) in [7, 11) is 0. The summed E-state index contributed by atoms with van der Waals surface area (Å²) >= 11 is 0. The number of hydrogen-bond acceptors (Lipinski definition) is 4. The van der Waals surface area contributed by atoms with E-state index in [0.717, 1.165) is 36.6 Å². The SMILES string of the molecule is Cc1ccc(N2C[C@@H]3C[C@H](C2)c2ccc(C(=O)NC4CC(F)(F)C4)c(=O)n2C3)nc1. The molecule has 1 aliphatic carbocycles. The minimum Gasteiger partial charge on any atom is -0.356 e. The highest BCUT2D eigenvalue weighted by atomic mass is 19.3. The fourth-order valence-electron chi connectivity index (χ4n) is 4.98. The average molecular weight is 414 g/mol. The third-order valence-electron chi connectivity index (χ3n) is 6.49. The van der Waals surface area contributed by atoms with Gasteiger partial charge < -0.3 is 14.8 Å². The third kappa shape index (κ3) is 3.38. The molecule has 2 bridgehead atoms. The van der Waals surface area contributed by atoms with Gasteiger partial charge in [0.25, 0.3) is 17.4 Å². The number of nitrogens with zero attached hydrogens (tertiary/aromatic N) is 3. The molecule has 2 atom stereocenters. The number of amides is 1. The van der Waals surface area contributed by atoms with Crippen LogP contribution in [0.25, 0.3) is 0 Å². The van der Waals surface area contributed by atoms with Crippen molar-refractivity contribution in [2.45, 2.75) is 50.6 Å². The van der Waals surface area contributed by atoms with Crippen molar-refractivity contribution in [3.05, 3.63) is 57.6 Å². The molecule has 158 valence electrons. The number of anilines is 1. The zero-order valence-corrected chi connectivity index (χ0v) is 16.8. The highest BCUT2D eigenvalue weighted by Crippen LogP contribution is 2.38. The van der Waals surface area contributed by atoms with Gasteiger partial charge in [0, 0.05) is 56.3 Å². The molecule has 0 radical (unpaired) electrons. The number of fused-ring (bicyclic) bond motifs is 4. The number of nitrogens with one attached hydrogen (secondary N) is 1. The Morgan fingerprint density at radius 2 is 1.97 bits per heavy atom. The number of aryl methyl sites for hydroxylation is 1. The monoisotopic (exact) mass is 414 g/mol. The van der Waals surface area contributed by atoms with Gasteiger partial charge in [0.2, 0.25) is 0 Å². The Bertz CT molecular complexity index is 1040. The second-order valence-corrected chi connectivity index (χ2v) is 8.92. The van der Waals surface area contributed by atoms with Gasteiger partial charge in [-0.3, -0.25) is 9.59 Å². The van der Waals surface area contributed by atoms with Crippen molar-refractivity contribution in [3.8, 4) is 0 Å². The quantitative estimate of drug-likeness (QED) is 0.839. The minimum absolute atomic E-state index is 0.0333. The lowest BCUT2D eigenvalue weighted by molar-refractivity contribution is -0.0901. The number of halogens is 2. The first-order valence-corrected chi connectivity index (χ1v) is 10.4. The van der Waals surface area contributed by atoms with E-state index in [1.165, 1.54) is 0 Å². The Kier molecular flexibility index (Phi) is 4.41. The summed E-state index contributed by atoms with van der Waals surface area (Å²) in [5.74, 6) is -1.84. The smallest absolute Gasteiger partial charge is 0.263 e. The van der Waals surface area contributed by atoms with Crippen molar-refractivity contribution in [1.29, 1.82) is 0 Å². The van der Waals surface area contributed by atoms with Crippen LogP contribution in [0.1, 0.15) is 46.8 Å². The number of aromatic nitrogens is 2. The topological polar surface area (TPSA) is 67.2 Å². The molecule has 3 aliphatic rings. The summed E-state index contributed by atoms with van der Waals surface area (Å²) in [6.45, 7) is 4.14. The maximum absolute atomic E-state index is 13.0. The van der Waals surface area contributed by atoms with E-state index in [-0.39, 0.29) is 29.9 Å². The Labute approximate surface area is 172 Å². The number of pyridine rings is 2. The highest BCUT2D eigenvalue weighted by molar-refractivity contribution is 5.94. The second-order valence-electron chi connectivity index (χ2n) is 8.92. The molecule has 1 amide bonds. The Morgan fingerprint density at radius 3 is 2.67 bits per heavy atom. The van der Waals surface area contributed by atoms with Gasteiger partial charge >= 0.3 is 0 Å². The molecule has 4 heterocycles. The molecule has 1 saturated carbocycles. The van der Waals surface area contributed by atoms with Crippen LogP contribution in [0.2, 0.25) is 0 Å². The van der Waals surface area contributed by atoms with Crippen molar-refractivity contribution in [2.75, 3.05) is 18.0 Å². The lowest BCUT2D eigenvalue weighted by Crippen LogP contribution is -2.52. The molecule has 6 nitrogen and oxygen atoms in total. The van der Waals surface area contributed by atoms with Crippen LogP contribution >= 0.6 is 0 Å². The Hall–Kier alpha value is -2.77. The van der Waals surface area contributed by atoms with Gasteiger partial charge in [-0.05, 0) is 43.0 Å². The number of piperidine rings is 1. The summed E-state index contributed by atoms with van der Waals surface area (Å²) in [6.07, 6.45) is 2.14. The van der Waals surface area contributed by atoms with Gasteiger partial charge in [-0.2, -0.15) is 0 Å². The number of carbonyl (C=O) groups is 1. The normalized spacial score (nSPS) is 24.7. The molecule has 0 unspecified atom stereocenters. The van der Waals surface area contributed by atoms with Gasteiger partial charge in [-0.25, -0.2) is 13.8 Å². The summed E-state index contributed by atoms with van der Waals surface area (Å²) in [5.41, 5.74) is 1.75. The van der Waals surface area contributed by atoms with Crippen molar-refractivity contribution in [2.24, 2.45) is 5.92 Å². The van der Waals surface area contributed by atoms with E-state index in [1.807, 2.05) is 31.3 Å². The van der Waals surface area contributed by atoms with Crippen LogP contribution in [-0.2, 0) is 6.54 Å². The zero-order valence-electron chi connectivity index (χ0n) is 16.8. The van der Waals surface area contributed by atoms with Crippen LogP contribution in [0.5, 0.6) is 0 Å². The van der Waals surface area contributed by atoms with Crippen LogP contribution in [0, 0.1) is 12.8 Å². The van der Waals surface area contributed by atoms with Crippen molar-refractivity contribution < 1.29 is 13.6 Å². The molecular formula is C22H24F2N4O2. The third-order valence-corrected chi connectivity index (χ3v) is 6.49. The van der Waals surface area contributed by atoms with E-state index in [4.69, 9.17) is 0 Å². The van der Waals surface area contributed by atoms with Crippen LogP contribution in [0.15, 0.2) is 35.3 Å². The molecule has 2 aromatic rings. The number of hydrogen-bond donors (Lipinski definition) is 1. The Balaban J connectivity index is 1.36. The van der Waals surface area contributed by atoms with E-state index in [9.17, 15) is 18.4 Å². The fraction of sp³-hybridized carbons (Fsp3) is 0.500. The number of carbonyl (C=O) groups excluding carboxylic acids is 1. The first-order chi connectivity index (χ1) is 14.3. The minimum atomic E-state index is -2.71. The Morgan fingerprint density at radius 1 is 1.17 bits per heavy atom. The summed E-state index contributed by atoms with van der Waals surface area (Å²) in [5, 5.41) is 2.57. The van der Waals surface area contributed by atoms with Gasteiger partial charge in [-0.15, -0.1) is 0 Å². The number of rotatable bonds is 3. The molecule has 2 fully saturated rings. The van der Waals surface area contributed by atoms with Crippen LogP contribution < -0.4 is 15.8 Å². The number of alkyl halides is 2. The van der Waals surface area contributed by atoms with Gasteiger partial charge in [-0.1, -0.05) is 6.07 Å². The second kappa shape index (κ2) is 6.89. The summed E-state index contributed by atoms with van der Waals surface area (Å²) in [6, 6.07) is 6.90. The predicted molar refractivity (Wildman–Crippen MR) is 108 cm³/mol. The first-order valence-electron chi connectivity index (χ1n) is 10.4. The van der Waals surface area contributed by atoms with E-state index >= 15 is 0 Å². The molecule has 8 heteroatoms. The molecule has 5 rings (SSSR count). The average Bonchev–Trinajstić information content (AvgIpc) is 2.67. The lowest BCUT2D eigenvalue weighted by Gasteiger charge is -2.43. The molecular weight excluding hydrogens is 390 g/mol. The molecule has 0 spiro atoms. The maximum atomic E-state index is 13.0.